The number of primary amides is 1. The van der Waals surface area contributed by atoms with Gasteiger partial charge in [0.15, 0.2) is 0 Å². The third-order valence-corrected chi connectivity index (χ3v) is 6.24. The molecule has 154 valence electrons. The monoisotopic (exact) mass is 394 g/mol. The first kappa shape index (κ1) is 19.8. The zero-order valence-electron chi connectivity index (χ0n) is 17.8. The number of aryl methyl sites for hydroxylation is 2. The number of carbonyl (C=O) groups is 1. The molecule has 6 heteroatoms. The fourth-order valence-corrected chi connectivity index (χ4v) is 5.14. The van der Waals surface area contributed by atoms with Crippen molar-refractivity contribution in [1.29, 1.82) is 0 Å². The van der Waals surface area contributed by atoms with Crippen molar-refractivity contribution in [1.82, 2.24) is 14.9 Å². The molecule has 1 aromatic carbocycles. The number of aromatic nitrogens is 2. The minimum Gasteiger partial charge on any atom is -0.466 e. The van der Waals surface area contributed by atoms with E-state index in [0.29, 0.717) is 5.88 Å². The standard InChI is InChI=1S/C23H30N4O2/c1-14-7-5-8-16-9-6-11-23(18(14)16)12-10-17-19(15(2)13-27(3)4)25-21(20(24)28)26-22(17)29-23/h5,7-8,15H,6,9-13H2,1-4H3,(H2,24,28)/t15-,23?/m1/s1. The third kappa shape index (κ3) is 3.50. The highest BCUT2D eigenvalue weighted by atomic mass is 16.5. The van der Waals surface area contributed by atoms with Crippen LogP contribution in [0.1, 0.15) is 70.7 Å². The van der Waals surface area contributed by atoms with Crippen molar-refractivity contribution in [2.45, 2.75) is 57.5 Å². The zero-order chi connectivity index (χ0) is 20.8. The maximum absolute atomic E-state index is 11.9. The van der Waals surface area contributed by atoms with Crippen molar-refractivity contribution in [3.05, 3.63) is 52.0 Å². The van der Waals surface area contributed by atoms with Gasteiger partial charge in [0.1, 0.15) is 5.60 Å². The molecule has 2 heterocycles. The molecule has 1 amide bonds. The van der Waals surface area contributed by atoms with E-state index in [1.807, 2.05) is 14.1 Å². The fourth-order valence-electron chi connectivity index (χ4n) is 5.14. The average Bonchev–Trinajstić information content (AvgIpc) is 2.66. The van der Waals surface area contributed by atoms with Gasteiger partial charge in [0, 0.05) is 23.6 Å². The number of nitrogens with zero attached hydrogens (tertiary/aromatic N) is 3. The van der Waals surface area contributed by atoms with Gasteiger partial charge in [-0.2, -0.15) is 4.98 Å². The molecule has 2 atom stereocenters. The molecule has 6 nitrogen and oxygen atoms in total. The van der Waals surface area contributed by atoms with Crippen LogP contribution in [-0.4, -0.2) is 41.4 Å². The molecule has 0 saturated heterocycles. The Morgan fingerprint density at radius 3 is 2.79 bits per heavy atom. The lowest BCUT2D eigenvalue weighted by molar-refractivity contribution is 0.0185. The maximum atomic E-state index is 11.9. The molecule has 2 aromatic rings. The van der Waals surface area contributed by atoms with E-state index in [-0.39, 0.29) is 17.3 Å². The van der Waals surface area contributed by atoms with Crippen LogP contribution in [0.15, 0.2) is 18.2 Å². The van der Waals surface area contributed by atoms with Crippen molar-refractivity contribution >= 4 is 5.91 Å². The Hall–Kier alpha value is -2.47. The fraction of sp³-hybridized carbons (Fsp3) is 0.522. The molecule has 0 radical (unpaired) electrons. The number of nitrogens with two attached hydrogens (primary N) is 1. The molecule has 1 aromatic heterocycles. The summed E-state index contributed by atoms with van der Waals surface area (Å²) in [5, 5.41) is 0. The van der Waals surface area contributed by atoms with E-state index in [1.54, 1.807) is 0 Å². The smallest absolute Gasteiger partial charge is 0.286 e. The van der Waals surface area contributed by atoms with Gasteiger partial charge in [0.05, 0.1) is 5.69 Å². The third-order valence-electron chi connectivity index (χ3n) is 6.24. The number of hydrogen-bond acceptors (Lipinski definition) is 5. The largest absolute Gasteiger partial charge is 0.466 e. The van der Waals surface area contributed by atoms with Gasteiger partial charge >= 0.3 is 0 Å². The summed E-state index contributed by atoms with van der Waals surface area (Å²) in [5.41, 5.74) is 11.0. The molecule has 2 N–H and O–H groups in total. The Kier molecular flexibility index (Phi) is 5.07. The first-order chi connectivity index (χ1) is 13.8. The first-order valence-corrected chi connectivity index (χ1v) is 10.4. The lowest BCUT2D eigenvalue weighted by Crippen LogP contribution is -2.42. The first-order valence-electron chi connectivity index (χ1n) is 10.4. The number of rotatable bonds is 4. The molecular weight excluding hydrogens is 364 g/mol. The summed E-state index contributed by atoms with van der Waals surface area (Å²) in [5.74, 6) is 0.117. The second-order valence-corrected chi connectivity index (χ2v) is 8.80. The van der Waals surface area contributed by atoms with Crippen LogP contribution in [0.5, 0.6) is 5.88 Å². The van der Waals surface area contributed by atoms with Gasteiger partial charge in [-0.3, -0.25) is 4.79 Å². The molecule has 2 aliphatic rings. The summed E-state index contributed by atoms with van der Waals surface area (Å²) in [6, 6.07) is 6.49. The van der Waals surface area contributed by atoms with Crippen LogP contribution in [0.3, 0.4) is 0 Å². The Labute approximate surface area is 172 Å². The van der Waals surface area contributed by atoms with Crippen molar-refractivity contribution < 1.29 is 9.53 Å². The summed E-state index contributed by atoms with van der Waals surface area (Å²) in [4.78, 5) is 23.1. The van der Waals surface area contributed by atoms with Gasteiger partial charge in [-0.15, -0.1) is 0 Å². The second-order valence-electron chi connectivity index (χ2n) is 8.80. The number of amides is 1. The Bertz CT molecular complexity index is 956. The van der Waals surface area contributed by atoms with E-state index in [9.17, 15) is 4.79 Å². The minimum absolute atomic E-state index is 0.0437. The highest BCUT2D eigenvalue weighted by Gasteiger charge is 2.44. The molecule has 0 saturated carbocycles. The summed E-state index contributed by atoms with van der Waals surface area (Å²) in [7, 11) is 4.07. The quantitative estimate of drug-likeness (QED) is 0.862. The van der Waals surface area contributed by atoms with Crippen molar-refractivity contribution in [3.8, 4) is 5.88 Å². The molecule has 29 heavy (non-hydrogen) atoms. The van der Waals surface area contributed by atoms with Gasteiger partial charge in [0.2, 0.25) is 11.7 Å². The molecular formula is C23H30N4O2. The molecule has 1 spiro atoms. The number of likely N-dealkylation sites (N-methyl/N-ethyl adjacent to an activating group) is 1. The van der Waals surface area contributed by atoms with Crippen molar-refractivity contribution in [3.63, 3.8) is 0 Å². The summed E-state index contributed by atoms with van der Waals surface area (Å²) < 4.78 is 6.68. The van der Waals surface area contributed by atoms with E-state index in [2.05, 4.69) is 46.9 Å². The SMILES string of the molecule is Cc1cccc2c1C1(CCC2)CCc2c(nc(C(N)=O)nc2[C@H](C)CN(C)C)O1. The Morgan fingerprint density at radius 1 is 1.28 bits per heavy atom. The molecule has 4 rings (SSSR count). The number of ether oxygens (including phenoxy) is 1. The minimum atomic E-state index is -0.616. The highest BCUT2D eigenvalue weighted by molar-refractivity contribution is 5.89. The van der Waals surface area contributed by atoms with Gasteiger partial charge in [-0.05, 0) is 64.3 Å². The summed E-state index contributed by atoms with van der Waals surface area (Å²) in [6.45, 7) is 5.11. The van der Waals surface area contributed by atoms with Gasteiger partial charge in [-0.1, -0.05) is 25.1 Å². The maximum Gasteiger partial charge on any atom is 0.286 e. The van der Waals surface area contributed by atoms with Crippen LogP contribution < -0.4 is 10.5 Å². The summed E-state index contributed by atoms with van der Waals surface area (Å²) in [6.07, 6.45) is 4.87. The Morgan fingerprint density at radius 2 is 2.07 bits per heavy atom. The zero-order valence-corrected chi connectivity index (χ0v) is 17.8. The number of benzene rings is 1. The molecule has 1 aliphatic heterocycles. The molecule has 0 bridgehead atoms. The van der Waals surface area contributed by atoms with Crippen LogP contribution >= 0.6 is 0 Å². The number of fused-ring (bicyclic) bond motifs is 3. The number of hydrogen-bond donors (Lipinski definition) is 1. The van der Waals surface area contributed by atoms with Gasteiger partial charge < -0.3 is 15.4 Å². The van der Waals surface area contributed by atoms with E-state index in [4.69, 9.17) is 10.5 Å². The van der Waals surface area contributed by atoms with E-state index in [0.717, 1.165) is 49.9 Å². The van der Waals surface area contributed by atoms with Crippen LogP contribution in [0.4, 0.5) is 0 Å². The summed E-state index contributed by atoms with van der Waals surface area (Å²) >= 11 is 0. The number of carbonyl (C=O) groups excluding carboxylic acids is 1. The normalized spacial score (nSPS) is 21.4. The lowest BCUT2D eigenvalue weighted by atomic mass is 9.73. The predicted molar refractivity (Wildman–Crippen MR) is 112 cm³/mol. The molecule has 1 unspecified atom stereocenters. The Balaban J connectivity index is 1.81. The van der Waals surface area contributed by atoms with E-state index >= 15 is 0 Å². The van der Waals surface area contributed by atoms with Crippen molar-refractivity contribution in [2.75, 3.05) is 20.6 Å². The predicted octanol–water partition coefficient (Wildman–Crippen LogP) is 3.11. The van der Waals surface area contributed by atoms with E-state index < -0.39 is 5.91 Å². The lowest BCUT2D eigenvalue weighted by Gasteiger charge is -2.43. The molecule has 1 aliphatic carbocycles. The van der Waals surface area contributed by atoms with Gasteiger partial charge in [-0.25, -0.2) is 4.98 Å². The highest BCUT2D eigenvalue weighted by Crippen LogP contribution is 2.48. The average molecular weight is 395 g/mol. The van der Waals surface area contributed by atoms with Crippen LogP contribution in [0.2, 0.25) is 0 Å². The van der Waals surface area contributed by atoms with Gasteiger partial charge in [0.25, 0.3) is 5.91 Å². The van der Waals surface area contributed by atoms with Crippen LogP contribution in [0.25, 0.3) is 0 Å². The molecule has 0 fully saturated rings. The van der Waals surface area contributed by atoms with Crippen molar-refractivity contribution in [2.24, 2.45) is 5.73 Å². The van der Waals surface area contributed by atoms with Crippen LogP contribution in [0, 0.1) is 6.92 Å². The second kappa shape index (κ2) is 7.41. The van der Waals surface area contributed by atoms with Crippen LogP contribution in [-0.2, 0) is 18.4 Å². The van der Waals surface area contributed by atoms with E-state index in [1.165, 1.54) is 16.7 Å². The topological polar surface area (TPSA) is 81.3 Å².